The molecule has 0 saturated carbocycles. The van der Waals surface area contributed by atoms with Crippen molar-refractivity contribution in [3.63, 3.8) is 0 Å². The summed E-state index contributed by atoms with van der Waals surface area (Å²) in [4.78, 5) is 24.8. The van der Waals surface area contributed by atoms with E-state index >= 15 is 0 Å². The summed E-state index contributed by atoms with van der Waals surface area (Å²) in [6, 6.07) is 9.51. The first-order valence-corrected chi connectivity index (χ1v) is 8.64. The fourth-order valence-corrected chi connectivity index (χ4v) is 3.54. The first-order chi connectivity index (χ1) is 10.5. The van der Waals surface area contributed by atoms with Gasteiger partial charge < -0.3 is 10.1 Å². The van der Waals surface area contributed by atoms with Crippen molar-refractivity contribution < 1.29 is 14.3 Å². The van der Waals surface area contributed by atoms with Crippen molar-refractivity contribution >= 4 is 38.6 Å². The number of amides is 1. The van der Waals surface area contributed by atoms with Crippen LogP contribution in [0.15, 0.2) is 58.0 Å². The highest BCUT2D eigenvalue weighted by Gasteiger charge is 2.24. The number of hydrogen-bond donors (Lipinski definition) is 1. The lowest BCUT2D eigenvalue weighted by Gasteiger charge is -2.03. The second-order valence-corrected chi connectivity index (χ2v) is 7.06. The van der Waals surface area contributed by atoms with Crippen molar-refractivity contribution in [2.75, 3.05) is 7.11 Å². The topological polar surface area (TPSA) is 55.4 Å². The Hall–Kier alpha value is -2.05. The lowest BCUT2D eigenvalue weighted by atomic mass is 10.2. The van der Waals surface area contributed by atoms with E-state index in [1.807, 2.05) is 30.3 Å². The summed E-state index contributed by atoms with van der Waals surface area (Å²) >= 11 is 5.29. The van der Waals surface area contributed by atoms with Gasteiger partial charge in [-0.2, -0.15) is 0 Å². The molecule has 1 unspecified atom stereocenters. The second kappa shape index (κ2) is 7.29. The number of esters is 1. The minimum atomic E-state index is -0.761. The van der Waals surface area contributed by atoms with E-state index in [2.05, 4.69) is 5.32 Å². The van der Waals surface area contributed by atoms with Gasteiger partial charge in [0.05, 0.1) is 12.8 Å². The number of hydrogen-bond acceptors (Lipinski definition) is 4. The number of allylic oxidation sites excluding steroid dienone is 2. The van der Waals surface area contributed by atoms with Gasteiger partial charge in [-0.05, 0) is 35.8 Å². The van der Waals surface area contributed by atoms with Gasteiger partial charge in [-0.15, -0.1) is 0 Å². The first-order valence-electron chi connectivity index (χ1n) is 6.49. The van der Waals surface area contributed by atoms with E-state index < -0.39 is 15.4 Å². The number of rotatable bonds is 4. The van der Waals surface area contributed by atoms with Gasteiger partial charge in [0.15, 0.2) is 0 Å². The van der Waals surface area contributed by atoms with Crippen LogP contribution in [0.25, 0.3) is 6.08 Å². The summed E-state index contributed by atoms with van der Waals surface area (Å²) in [7, 11) is 0.549. The molecule has 0 aromatic heterocycles. The minimum absolute atomic E-state index is 0.271. The van der Waals surface area contributed by atoms with Crippen LogP contribution in [0.2, 0.25) is 0 Å². The lowest BCUT2D eigenvalue weighted by Crippen LogP contribution is -2.19. The van der Waals surface area contributed by atoms with Gasteiger partial charge in [0.25, 0.3) is 0 Å². The molecule has 1 aliphatic heterocycles. The highest BCUT2D eigenvalue weighted by atomic mass is 32.8. The van der Waals surface area contributed by atoms with E-state index in [4.69, 9.17) is 15.9 Å². The molecule has 2 rings (SSSR count). The molecule has 0 radical (unpaired) electrons. The molecular formula is C16H15NO3S2. The van der Waals surface area contributed by atoms with E-state index in [0.717, 1.165) is 10.5 Å². The molecule has 1 aromatic carbocycles. The van der Waals surface area contributed by atoms with Gasteiger partial charge >= 0.3 is 5.97 Å². The van der Waals surface area contributed by atoms with Gasteiger partial charge in [-0.25, -0.2) is 4.79 Å². The van der Waals surface area contributed by atoms with Crippen LogP contribution >= 0.6 is 0 Å². The molecule has 1 aromatic rings. The van der Waals surface area contributed by atoms with E-state index in [-0.39, 0.29) is 5.91 Å². The largest absolute Gasteiger partial charge is 0.465 e. The number of ether oxygens (including phenoxy) is 1. The van der Waals surface area contributed by atoms with Gasteiger partial charge in [-0.3, -0.25) is 4.79 Å². The summed E-state index contributed by atoms with van der Waals surface area (Å²) in [6.45, 7) is 1.80. The summed E-state index contributed by atoms with van der Waals surface area (Å²) in [5.74, 6) is -0.727. The fraction of sp³-hybridized carbons (Fsp3) is 0.125. The third-order valence-corrected chi connectivity index (χ3v) is 5.75. The summed E-state index contributed by atoms with van der Waals surface area (Å²) < 4.78 is 4.69. The maximum Gasteiger partial charge on any atom is 0.345 e. The zero-order chi connectivity index (χ0) is 16.1. The zero-order valence-corrected chi connectivity index (χ0v) is 13.8. The molecule has 0 saturated heterocycles. The van der Waals surface area contributed by atoms with Crippen LogP contribution in [0, 0.1) is 0 Å². The average Bonchev–Trinajstić information content (AvgIpc) is 2.81. The molecule has 0 fully saturated rings. The van der Waals surface area contributed by atoms with Crippen molar-refractivity contribution in [1.29, 1.82) is 0 Å². The Balaban J connectivity index is 2.08. The normalized spacial score (nSPS) is 17.5. The van der Waals surface area contributed by atoms with Crippen LogP contribution in [0.4, 0.5) is 0 Å². The SMILES string of the molecule is COC(=O)C1=CC(NC(=O)/C=C/c2ccccc2)=C(C)S1=S. The van der Waals surface area contributed by atoms with Gasteiger partial charge in [0.2, 0.25) is 5.91 Å². The predicted octanol–water partition coefficient (Wildman–Crippen LogP) is 2.20. The molecule has 1 amide bonds. The number of nitrogens with one attached hydrogen (secondary N) is 1. The van der Waals surface area contributed by atoms with Crippen molar-refractivity contribution in [2.45, 2.75) is 6.92 Å². The molecule has 114 valence electrons. The van der Waals surface area contributed by atoms with E-state index in [1.54, 1.807) is 19.1 Å². The van der Waals surface area contributed by atoms with Crippen molar-refractivity contribution in [1.82, 2.24) is 5.32 Å². The zero-order valence-electron chi connectivity index (χ0n) is 12.2. The van der Waals surface area contributed by atoms with E-state index in [0.29, 0.717) is 10.6 Å². The molecular weight excluding hydrogens is 318 g/mol. The van der Waals surface area contributed by atoms with Crippen LogP contribution in [0.1, 0.15) is 12.5 Å². The minimum Gasteiger partial charge on any atom is -0.465 e. The van der Waals surface area contributed by atoms with E-state index in [1.165, 1.54) is 13.2 Å². The first kappa shape index (κ1) is 16.3. The van der Waals surface area contributed by atoms with Crippen molar-refractivity contribution in [3.8, 4) is 0 Å². The maximum absolute atomic E-state index is 12.0. The molecule has 22 heavy (non-hydrogen) atoms. The Labute approximate surface area is 136 Å². The number of carbonyl (C=O) groups excluding carboxylic acids is 2. The highest BCUT2D eigenvalue weighted by Crippen LogP contribution is 2.25. The molecule has 4 nitrogen and oxygen atoms in total. The molecule has 0 spiro atoms. The Morgan fingerprint density at radius 2 is 1.95 bits per heavy atom. The standard InChI is InChI=1S/C16H15NO3S2/c1-11-13(10-14(22(11)21)16(19)20-2)17-15(18)9-8-12-6-4-3-5-7-12/h3-10H,1-2H3,(H,17,18)/b9-8+. The fourth-order valence-electron chi connectivity index (χ4n) is 1.82. The van der Waals surface area contributed by atoms with Gasteiger partial charge in [0.1, 0.15) is 4.91 Å². The van der Waals surface area contributed by atoms with Crippen LogP contribution in [-0.4, -0.2) is 19.0 Å². The smallest absolute Gasteiger partial charge is 0.345 e. The van der Waals surface area contributed by atoms with Crippen LogP contribution in [0.3, 0.4) is 0 Å². The van der Waals surface area contributed by atoms with Gasteiger partial charge in [0, 0.05) is 11.0 Å². The Bertz CT molecular complexity index is 718. The summed E-state index contributed by atoms with van der Waals surface area (Å²) in [6.07, 6.45) is 4.76. The quantitative estimate of drug-likeness (QED) is 0.678. The van der Waals surface area contributed by atoms with Crippen LogP contribution in [-0.2, 0) is 35.0 Å². The number of benzene rings is 1. The van der Waals surface area contributed by atoms with Crippen molar-refractivity contribution in [2.24, 2.45) is 0 Å². The lowest BCUT2D eigenvalue weighted by molar-refractivity contribution is -0.135. The Kier molecular flexibility index (Phi) is 5.41. The monoisotopic (exact) mass is 333 g/mol. The number of carbonyl (C=O) groups is 2. The van der Waals surface area contributed by atoms with E-state index in [9.17, 15) is 9.59 Å². The summed E-state index contributed by atoms with van der Waals surface area (Å²) in [5.41, 5.74) is 1.50. The highest BCUT2D eigenvalue weighted by molar-refractivity contribution is 8.33. The predicted molar refractivity (Wildman–Crippen MR) is 91.1 cm³/mol. The van der Waals surface area contributed by atoms with Gasteiger partial charge in [-0.1, -0.05) is 39.8 Å². The molecule has 1 heterocycles. The average molecular weight is 333 g/mol. The molecule has 6 heteroatoms. The Morgan fingerprint density at radius 1 is 1.27 bits per heavy atom. The Morgan fingerprint density at radius 3 is 2.59 bits per heavy atom. The molecule has 1 N–H and O–H groups in total. The second-order valence-electron chi connectivity index (χ2n) is 4.47. The molecule has 0 bridgehead atoms. The van der Waals surface area contributed by atoms with Crippen LogP contribution in [0.5, 0.6) is 0 Å². The third-order valence-electron chi connectivity index (χ3n) is 3.00. The molecule has 1 atom stereocenters. The summed E-state index contributed by atoms with van der Waals surface area (Å²) in [5, 5.41) is 2.75. The molecule has 1 aliphatic rings. The van der Waals surface area contributed by atoms with Crippen molar-refractivity contribution in [3.05, 3.63) is 63.6 Å². The maximum atomic E-state index is 12.0. The van der Waals surface area contributed by atoms with Crippen LogP contribution < -0.4 is 5.32 Å². The number of methoxy groups -OCH3 is 1. The third kappa shape index (κ3) is 3.78. The molecule has 0 aliphatic carbocycles.